The Labute approximate surface area is 113 Å². The van der Waals surface area contributed by atoms with Gasteiger partial charge in [-0.3, -0.25) is 0 Å². The van der Waals surface area contributed by atoms with Gasteiger partial charge < -0.3 is 19.9 Å². The number of anilines is 1. The van der Waals surface area contributed by atoms with Crippen LogP contribution in [0.2, 0.25) is 0 Å². The van der Waals surface area contributed by atoms with E-state index in [0.29, 0.717) is 36.8 Å². The Balaban J connectivity index is 2.88. The maximum absolute atomic E-state index is 11.8. The number of benzene rings is 1. The van der Waals surface area contributed by atoms with Crippen LogP contribution in [0.5, 0.6) is 5.75 Å². The van der Waals surface area contributed by atoms with Crippen LogP contribution >= 0.6 is 0 Å². The monoisotopic (exact) mass is 267 g/mol. The maximum Gasteiger partial charge on any atom is 0.341 e. The molecular weight excluding hydrogens is 246 g/mol. The largest absolute Gasteiger partial charge is 0.485 e. The summed E-state index contributed by atoms with van der Waals surface area (Å²) in [4.78, 5) is 11.8. The van der Waals surface area contributed by atoms with Gasteiger partial charge in [-0.25, -0.2) is 4.79 Å². The number of rotatable bonds is 7. The summed E-state index contributed by atoms with van der Waals surface area (Å²) in [7, 11) is 0. The lowest BCUT2D eigenvalue weighted by Crippen LogP contribution is -2.21. The van der Waals surface area contributed by atoms with Crippen LogP contribution in [-0.4, -0.2) is 31.9 Å². The standard InChI is InChI=1S/C14H21NO4/c1-4-17-9-10(3)19-13-11(14(16)18-5-2)7-6-8-12(13)15/h6-8,10H,4-5,9,15H2,1-3H3. The van der Waals surface area contributed by atoms with Crippen molar-refractivity contribution in [1.82, 2.24) is 0 Å². The lowest BCUT2D eigenvalue weighted by molar-refractivity contribution is 0.0496. The number of nitrogens with two attached hydrogens (primary N) is 1. The average Bonchev–Trinajstić information content (AvgIpc) is 2.39. The van der Waals surface area contributed by atoms with E-state index in [-0.39, 0.29) is 6.10 Å². The molecule has 0 aromatic heterocycles. The Hall–Kier alpha value is -1.75. The zero-order valence-electron chi connectivity index (χ0n) is 11.6. The molecule has 2 N–H and O–H groups in total. The van der Waals surface area contributed by atoms with E-state index in [1.165, 1.54) is 0 Å². The van der Waals surface area contributed by atoms with Crippen LogP contribution in [0.1, 0.15) is 31.1 Å². The molecule has 0 spiro atoms. The lowest BCUT2D eigenvalue weighted by Gasteiger charge is -2.18. The number of carbonyl (C=O) groups is 1. The Morgan fingerprint density at radius 3 is 2.68 bits per heavy atom. The Morgan fingerprint density at radius 1 is 1.32 bits per heavy atom. The van der Waals surface area contributed by atoms with E-state index in [1.54, 1.807) is 25.1 Å². The molecule has 0 heterocycles. The van der Waals surface area contributed by atoms with Crippen molar-refractivity contribution in [2.75, 3.05) is 25.6 Å². The summed E-state index contributed by atoms with van der Waals surface area (Å²) >= 11 is 0. The van der Waals surface area contributed by atoms with Crippen molar-refractivity contribution >= 4 is 11.7 Å². The number of esters is 1. The number of hydrogen-bond donors (Lipinski definition) is 1. The van der Waals surface area contributed by atoms with Crippen molar-refractivity contribution in [3.63, 3.8) is 0 Å². The van der Waals surface area contributed by atoms with E-state index in [1.807, 2.05) is 13.8 Å². The molecule has 5 nitrogen and oxygen atoms in total. The van der Waals surface area contributed by atoms with Crippen molar-refractivity contribution in [2.45, 2.75) is 26.9 Å². The van der Waals surface area contributed by atoms with Crippen LogP contribution in [0.15, 0.2) is 18.2 Å². The van der Waals surface area contributed by atoms with Crippen molar-refractivity contribution in [2.24, 2.45) is 0 Å². The van der Waals surface area contributed by atoms with E-state index in [4.69, 9.17) is 19.9 Å². The minimum atomic E-state index is -0.437. The lowest BCUT2D eigenvalue weighted by atomic mass is 10.1. The fourth-order valence-corrected chi connectivity index (χ4v) is 1.58. The SMILES string of the molecule is CCOCC(C)Oc1c(N)cccc1C(=O)OCC. The Bertz CT molecular complexity index is 420. The third-order valence-corrected chi connectivity index (χ3v) is 2.42. The van der Waals surface area contributed by atoms with Crippen LogP contribution in [0.25, 0.3) is 0 Å². The Kier molecular flexibility index (Phi) is 6.15. The second kappa shape index (κ2) is 7.63. The summed E-state index contributed by atoms with van der Waals surface area (Å²) in [5, 5.41) is 0. The molecule has 0 saturated carbocycles. The maximum atomic E-state index is 11.8. The van der Waals surface area contributed by atoms with Crippen LogP contribution in [0, 0.1) is 0 Å². The topological polar surface area (TPSA) is 70.8 Å². The van der Waals surface area contributed by atoms with Crippen LogP contribution < -0.4 is 10.5 Å². The summed E-state index contributed by atoms with van der Waals surface area (Å²) in [6.07, 6.45) is -0.196. The average molecular weight is 267 g/mol. The molecule has 1 atom stereocenters. The van der Waals surface area contributed by atoms with Gasteiger partial charge in [0.1, 0.15) is 11.7 Å². The molecule has 0 aliphatic rings. The zero-order valence-corrected chi connectivity index (χ0v) is 11.6. The van der Waals surface area contributed by atoms with E-state index < -0.39 is 5.97 Å². The van der Waals surface area contributed by atoms with Crippen molar-refractivity contribution in [3.8, 4) is 5.75 Å². The highest BCUT2D eigenvalue weighted by Crippen LogP contribution is 2.28. The van der Waals surface area contributed by atoms with Crippen molar-refractivity contribution in [3.05, 3.63) is 23.8 Å². The van der Waals surface area contributed by atoms with Crippen LogP contribution in [0.3, 0.4) is 0 Å². The van der Waals surface area contributed by atoms with Gasteiger partial charge in [-0.05, 0) is 32.9 Å². The van der Waals surface area contributed by atoms with E-state index in [2.05, 4.69) is 0 Å². The first-order valence-corrected chi connectivity index (χ1v) is 6.40. The summed E-state index contributed by atoms with van der Waals surface area (Å²) in [5.41, 5.74) is 6.61. The molecule has 0 amide bonds. The first kappa shape index (κ1) is 15.3. The van der Waals surface area contributed by atoms with Gasteiger partial charge in [-0.2, -0.15) is 0 Å². The van der Waals surface area contributed by atoms with Gasteiger partial charge >= 0.3 is 5.97 Å². The van der Waals surface area contributed by atoms with Gasteiger partial charge in [-0.1, -0.05) is 6.07 Å². The molecule has 5 heteroatoms. The second-order valence-corrected chi connectivity index (χ2v) is 4.03. The molecular formula is C14H21NO4. The first-order valence-electron chi connectivity index (χ1n) is 6.40. The molecule has 0 radical (unpaired) electrons. The minimum Gasteiger partial charge on any atom is -0.485 e. The fourth-order valence-electron chi connectivity index (χ4n) is 1.58. The van der Waals surface area contributed by atoms with Crippen LogP contribution in [-0.2, 0) is 9.47 Å². The third-order valence-electron chi connectivity index (χ3n) is 2.42. The highest BCUT2D eigenvalue weighted by molar-refractivity contribution is 5.94. The van der Waals surface area contributed by atoms with E-state index in [9.17, 15) is 4.79 Å². The molecule has 0 aliphatic carbocycles. The fraction of sp³-hybridized carbons (Fsp3) is 0.500. The Morgan fingerprint density at radius 2 is 2.05 bits per heavy atom. The zero-order chi connectivity index (χ0) is 14.3. The highest BCUT2D eigenvalue weighted by Gasteiger charge is 2.18. The molecule has 0 fully saturated rings. The van der Waals surface area contributed by atoms with Crippen molar-refractivity contribution in [1.29, 1.82) is 0 Å². The summed E-state index contributed by atoms with van der Waals surface area (Å²) in [6, 6.07) is 5.02. The van der Waals surface area contributed by atoms with Crippen molar-refractivity contribution < 1.29 is 19.0 Å². The smallest absolute Gasteiger partial charge is 0.341 e. The molecule has 106 valence electrons. The van der Waals surface area contributed by atoms with Gasteiger partial charge in [0.15, 0.2) is 5.75 Å². The normalized spacial score (nSPS) is 11.9. The highest BCUT2D eigenvalue weighted by atomic mass is 16.5. The first-order chi connectivity index (χ1) is 9.10. The minimum absolute atomic E-state index is 0.196. The second-order valence-electron chi connectivity index (χ2n) is 4.03. The number of para-hydroxylation sites is 1. The number of hydrogen-bond acceptors (Lipinski definition) is 5. The number of ether oxygens (including phenoxy) is 3. The molecule has 0 saturated heterocycles. The van der Waals surface area contributed by atoms with E-state index >= 15 is 0 Å². The van der Waals surface area contributed by atoms with Gasteiger partial charge in [0.25, 0.3) is 0 Å². The van der Waals surface area contributed by atoms with Gasteiger partial charge in [0.05, 0.1) is 18.9 Å². The quantitative estimate of drug-likeness (QED) is 0.606. The van der Waals surface area contributed by atoms with Gasteiger partial charge in [-0.15, -0.1) is 0 Å². The predicted molar refractivity (Wildman–Crippen MR) is 73.4 cm³/mol. The third kappa shape index (κ3) is 4.44. The molecule has 0 aliphatic heterocycles. The summed E-state index contributed by atoms with van der Waals surface area (Å²) < 4.78 is 15.9. The number of nitrogen functional groups attached to an aromatic ring is 1. The summed E-state index contributed by atoms with van der Waals surface area (Å²) in [5.74, 6) is -0.0819. The van der Waals surface area contributed by atoms with Gasteiger partial charge in [0.2, 0.25) is 0 Å². The molecule has 19 heavy (non-hydrogen) atoms. The summed E-state index contributed by atoms with van der Waals surface area (Å²) in [6.45, 7) is 6.88. The van der Waals surface area contributed by atoms with E-state index in [0.717, 1.165) is 0 Å². The molecule has 0 bridgehead atoms. The predicted octanol–water partition coefficient (Wildman–Crippen LogP) is 2.25. The van der Waals surface area contributed by atoms with Gasteiger partial charge in [0, 0.05) is 6.61 Å². The molecule has 1 unspecified atom stereocenters. The molecule has 1 rings (SSSR count). The molecule has 1 aromatic carbocycles. The molecule has 1 aromatic rings. The number of carbonyl (C=O) groups excluding carboxylic acids is 1. The van der Waals surface area contributed by atoms with Crippen LogP contribution in [0.4, 0.5) is 5.69 Å².